The van der Waals surface area contributed by atoms with Gasteiger partial charge in [0.15, 0.2) is 17.5 Å². The topological polar surface area (TPSA) is 43.6 Å². The molecule has 0 amide bonds. The Labute approximate surface area is 400 Å². The molecule has 12 aromatic rings. The maximum atomic E-state index is 5.42. The number of hydrogen-bond acceptors (Lipinski definition) is 4. The molecular weight excluding hydrogens is 845 g/mol. The van der Waals surface area contributed by atoms with Crippen molar-refractivity contribution in [2.75, 3.05) is 0 Å². The molecule has 0 saturated carbocycles. The minimum atomic E-state index is 0.607. The molecule has 0 saturated heterocycles. The van der Waals surface area contributed by atoms with E-state index in [2.05, 4.69) is 192 Å². The van der Waals surface area contributed by atoms with Crippen molar-refractivity contribution in [1.29, 1.82) is 0 Å². The van der Waals surface area contributed by atoms with Crippen molar-refractivity contribution in [3.63, 3.8) is 0 Å². The van der Waals surface area contributed by atoms with Crippen molar-refractivity contribution in [3.8, 4) is 73.2 Å². The Morgan fingerprint density at radius 1 is 0.353 bits per heavy atom. The first kappa shape index (κ1) is 41.4. The van der Waals surface area contributed by atoms with Gasteiger partial charge in [0, 0.05) is 47.6 Å². The molecule has 5 heteroatoms. The molecule has 0 aliphatic heterocycles. The number of fused-ring (bicyclic) bond motifs is 6. The molecule has 326 valence electrons. The number of aromatic nitrogens is 4. The molecule has 0 aliphatic rings. The summed E-state index contributed by atoms with van der Waals surface area (Å²) in [6.45, 7) is 13.3. The molecule has 12 rings (SSSR count). The zero-order chi connectivity index (χ0) is 46.2. The molecule has 0 bridgehead atoms. The smallest absolute Gasteiger partial charge is 0.166 e. The van der Waals surface area contributed by atoms with Gasteiger partial charge in [-0.1, -0.05) is 163 Å². The summed E-state index contributed by atoms with van der Waals surface area (Å²) in [5, 5.41) is 4.91. The van der Waals surface area contributed by atoms with Crippen molar-refractivity contribution in [3.05, 3.63) is 215 Å². The highest BCUT2D eigenvalue weighted by atomic mass is 32.1. The molecule has 0 fully saturated rings. The van der Waals surface area contributed by atoms with E-state index >= 15 is 0 Å². The second kappa shape index (κ2) is 16.4. The van der Waals surface area contributed by atoms with Crippen molar-refractivity contribution in [2.45, 2.75) is 41.5 Å². The number of nitrogens with zero attached hydrogens (tertiary/aromatic N) is 4. The fourth-order valence-electron chi connectivity index (χ4n) is 10.8. The van der Waals surface area contributed by atoms with Crippen LogP contribution in [0.4, 0.5) is 0 Å². The number of aryl methyl sites for hydroxylation is 6. The summed E-state index contributed by atoms with van der Waals surface area (Å²) < 4.78 is 5.01. The van der Waals surface area contributed by atoms with Crippen molar-refractivity contribution >= 4 is 53.3 Å². The lowest BCUT2D eigenvalue weighted by Gasteiger charge is -2.18. The lowest BCUT2D eigenvalue weighted by molar-refractivity contribution is 1.06. The van der Waals surface area contributed by atoms with Crippen LogP contribution >= 0.6 is 11.3 Å². The van der Waals surface area contributed by atoms with E-state index in [1.54, 1.807) is 0 Å². The Morgan fingerprint density at radius 2 is 0.838 bits per heavy atom. The van der Waals surface area contributed by atoms with E-state index in [0.717, 1.165) is 39.0 Å². The fourth-order valence-corrected chi connectivity index (χ4v) is 12.1. The van der Waals surface area contributed by atoms with Crippen molar-refractivity contribution in [2.24, 2.45) is 0 Å². The average Bonchev–Trinajstić information content (AvgIpc) is 3.89. The summed E-state index contributed by atoms with van der Waals surface area (Å²) in [6, 6.07) is 66.1. The number of benzene rings is 9. The summed E-state index contributed by atoms with van der Waals surface area (Å²) in [4.78, 5) is 16.0. The van der Waals surface area contributed by atoms with Crippen LogP contribution < -0.4 is 0 Å². The quantitative estimate of drug-likeness (QED) is 0.160. The van der Waals surface area contributed by atoms with Gasteiger partial charge in [-0.05, 0) is 128 Å². The van der Waals surface area contributed by atoms with Gasteiger partial charge in [0.05, 0.1) is 16.7 Å². The molecule has 0 aliphatic carbocycles. The Bertz CT molecular complexity index is 3750. The van der Waals surface area contributed by atoms with E-state index < -0.39 is 0 Å². The van der Waals surface area contributed by atoms with Crippen LogP contribution in [0, 0.1) is 41.5 Å². The lowest BCUT2D eigenvalue weighted by Crippen LogP contribution is -2.04. The van der Waals surface area contributed by atoms with Gasteiger partial charge in [-0.2, -0.15) is 0 Å². The van der Waals surface area contributed by atoms with Gasteiger partial charge in [-0.15, -0.1) is 11.3 Å². The summed E-state index contributed by atoms with van der Waals surface area (Å²) >= 11 is 1.85. The van der Waals surface area contributed by atoms with E-state index in [1.807, 2.05) is 47.7 Å². The molecule has 0 radical (unpaired) electrons. The van der Waals surface area contributed by atoms with Crippen molar-refractivity contribution < 1.29 is 0 Å². The van der Waals surface area contributed by atoms with Gasteiger partial charge in [0.2, 0.25) is 0 Å². The minimum Gasteiger partial charge on any atom is -0.308 e. The van der Waals surface area contributed by atoms with E-state index in [0.29, 0.717) is 17.5 Å². The van der Waals surface area contributed by atoms with Crippen LogP contribution in [0.5, 0.6) is 0 Å². The van der Waals surface area contributed by atoms with Crippen LogP contribution in [0.1, 0.15) is 33.4 Å². The van der Waals surface area contributed by atoms with E-state index in [4.69, 9.17) is 15.0 Å². The Morgan fingerprint density at radius 3 is 1.40 bits per heavy atom. The van der Waals surface area contributed by atoms with Crippen LogP contribution in [-0.2, 0) is 0 Å². The maximum Gasteiger partial charge on any atom is 0.166 e. The SMILES string of the molecule is Cc1cc(C)c(-c2ccc3c4ccc(-c5c(C)cc(C)cc5C)cc4n(-c4ccc(-c5cccc6c5sc5ccccc56)cc4-c4nc(-c5ccccc5)nc(-c5ccccc5)n4)c3c2)c(C)c1. The number of hydrogen-bond donors (Lipinski definition) is 0. The molecule has 3 heterocycles. The third-order valence-electron chi connectivity index (χ3n) is 13.6. The monoisotopic (exact) mass is 892 g/mol. The second-order valence-corrected chi connectivity index (χ2v) is 19.4. The van der Waals surface area contributed by atoms with Crippen LogP contribution in [0.3, 0.4) is 0 Å². The predicted octanol–water partition coefficient (Wildman–Crippen LogP) is 17.2. The van der Waals surface area contributed by atoms with Crippen LogP contribution in [-0.4, -0.2) is 19.5 Å². The molecule has 0 atom stereocenters. The van der Waals surface area contributed by atoms with E-state index in [-0.39, 0.29) is 0 Å². The van der Waals surface area contributed by atoms with Gasteiger partial charge in [0.25, 0.3) is 0 Å². The second-order valence-electron chi connectivity index (χ2n) is 18.4. The van der Waals surface area contributed by atoms with Crippen LogP contribution in [0.2, 0.25) is 0 Å². The van der Waals surface area contributed by atoms with Gasteiger partial charge >= 0.3 is 0 Å². The number of rotatable bonds is 7. The zero-order valence-corrected chi connectivity index (χ0v) is 39.8. The molecule has 3 aromatic heterocycles. The summed E-state index contributed by atoms with van der Waals surface area (Å²) in [5.74, 6) is 1.86. The van der Waals surface area contributed by atoms with Gasteiger partial charge in [-0.25, -0.2) is 15.0 Å². The standard InChI is InChI=1S/C63H48N4S/c1-37-30-39(3)58(40(4)31-37)46-24-27-49-50-28-25-47(59-41(5)32-38(2)33-42(59)6)36-56(50)67(55(49)35-46)54-29-26-45(48-21-15-22-52-51-20-13-14-23-57(51)68-60(48)52)34-53(54)63-65-61(43-16-9-7-10-17-43)64-62(66-63)44-18-11-8-12-19-44/h7-36H,1-6H3. The zero-order valence-electron chi connectivity index (χ0n) is 39.0. The van der Waals surface area contributed by atoms with Crippen molar-refractivity contribution in [1.82, 2.24) is 19.5 Å². The molecule has 4 nitrogen and oxygen atoms in total. The van der Waals surface area contributed by atoms with Crippen LogP contribution in [0.15, 0.2) is 182 Å². The van der Waals surface area contributed by atoms with Gasteiger partial charge in [-0.3, -0.25) is 0 Å². The first-order chi connectivity index (χ1) is 33.2. The largest absolute Gasteiger partial charge is 0.308 e. The predicted molar refractivity (Wildman–Crippen MR) is 288 cm³/mol. The molecular formula is C63H48N4S. The summed E-state index contributed by atoms with van der Waals surface area (Å²) in [5.41, 5.74) is 20.8. The van der Waals surface area contributed by atoms with E-state index in [9.17, 15) is 0 Å². The van der Waals surface area contributed by atoms with Gasteiger partial charge in [0.1, 0.15) is 0 Å². The molecule has 0 spiro atoms. The maximum absolute atomic E-state index is 5.42. The first-order valence-electron chi connectivity index (χ1n) is 23.3. The molecule has 0 N–H and O–H groups in total. The average molecular weight is 893 g/mol. The highest BCUT2D eigenvalue weighted by molar-refractivity contribution is 7.26. The third kappa shape index (κ3) is 7.01. The molecule has 0 unspecified atom stereocenters. The van der Waals surface area contributed by atoms with E-state index in [1.165, 1.54) is 92.1 Å². The van der Waals surface area contributed by atoms with Gasteiger partial charge < -0.3 is 4.57 Å². The summed E-state index contributed by atoms with van der Waals surface area (Å²) in [7, 11) is 0. The number of thiophene rings is 1. The summed E-state index contributed by atoms with van der Waals surface area (Å²) in [6.07, 6.45) is 0. The lowest BCUT2D eigenvalue weighted by atomic mass is 9.92. The Hall–Kier alpha value is -7.99. The highest BCUT2D eigenvalue weighted by Crippen LogP contribution is 2.45. The third-order valence-corrected chi connectivity index (χ3v) is 14.8. The first-order valence-corrected chi connectivity index (χ1v) is 24.2. The Kier molecular flexibility index (Phi) is 10.00. The highest BCUT2D eigenvalue weighted by Gasteiger charge is 2.23. The normalized spacial score (nSPS) is 11.7. The van der Waals surface area contributed by atoms with Crippen LogP contribution in [0.25, 0.3) is 115 Å². The Balaban J connectivity index is 1.20. The fraction of sp³-hybridized carbons (Fsp3) is 0.0952. The molecule has 68 heavy (non-hydrogen) atoms. The molecule has 9 aromatic carbocycles. The minimum absolute atomic E-state index is 0.607.